The van der Waals surface area contributed by atoms with E-state index in [2.05, 4.69) is 19.9 Å². The first-order valence-corrected chi connectivity index (χ1v) is 5.44. The Morgan fingerprint density at radius 1 is 1.29 bits per heavy atom. The maximum Gasteiger partial charge on any atom is 2.00 e. The molecule has 0 aliphatic rings. The van der Waals surface area contributed by atoms with Crippen LogP contribution in [0.25, 0.3) is 0 Å². The molecule has 0 heterocycles. The summed E-state index contributed by atoms with van der Waals surface area (Å²) in [7, 11) is 0. The largest absolute Gasteiger partial charge is 2.00 e. The molecule has 0 unspecified atom stereocenters. The third-order valence-corrected chi connectivity index (χ3v) is 1.45. The molecule has 0 saturated heterocycles. The van der Waals surface area contributed by atoms with Crippen LogP contribution in [0.3, 0.4) is 0 Å². The van der Waals surface area contributed by atoms with Crippen molar-refractivity contribution in [2.24, 2.45) is 0 Å². The zero-order chi connectivity index (χ0) is 11.7. The Hall–Kier alpha value is 0.266. The second-order valence-electron chi connectivity index (χ2n) is 4.29. The van der Waals surface area contributed by atoms with Crippen LogP contribution >= 0.6 is 17.0 Å². The number of hydrogen-bond acceptors (Lipinski definition) is 1. The number of unbranched alkanes of at least 4 members (excludes halogenated alkanes) is 1. The molecule has 17 heavy (non-hydrogen) atoms. The predicted molar refractivity (Wildman–Crippen MR) is 82.0 cm³/mol. The van der Waals surface area contributed by atoms with E-state index in [1.165, 1.54) is 6.42 Å². The van der Waals surface area contributed by atoms with E-state index >= 15 is 0 Å². The van der Waals surface area contributed by atoms with Gasteiger partial charge in [-0.25, -0.2) is 0 Å². The van der Waals surface area contributed by atoms with Crippen molar-refractivity contribution in [2.75, 3.05) is 0 Å². The summed E-state index contributed by atoms with van der Waals surface area (Å²) in [4.78, 5) is 0. The molecule has 0 aliphatic carbocycles. The van der Waals surface area contributed by atoms with Gasteiger partial charge in [0.1, 0.15) is 0 Å². The summed E-state index contributed by atoms with van der Waals surface area (Å²) in [5, 5.41) is 0. The average Bonchev–Trinajstić information content (AvgIpc) is 2.17. The van der Waals surface area contributed by atoms with Gasteiger partial charge in [-0.05, 0) is 20.8 Å². The summed E-state index contributed by atoms with van der Waals surface area (Å²) in [5.41, 5.74) is -0.127. The van der Waals surface area contributed by atoms with Gasteiger partial charge >= 0.3 is 23.1 Å². The molecule has 0 atom stereocenters. The Bertz CT molecular complexity index is 242. The van der Waals surface area contributed by atoms with Gasteiger partial charge in [0.2, 0.25) is 0 Å². The van der Waals surface area contributed by atoms with Crippen LogP contribution in [0.1, 0.15) is 40.5 Å². The van der Waals surface area contributed by atoms with Crippen molar-refractivity contribution >= 4 is 40.0 Å². The van der Waals surface area contributed by atoms with E-state index in [-0.39, 0.29) is 45.6 Å². The van der Waals surface area contributed by atoms with Gasteiger partial charge in [0.05, 0.1) is 5.60 Å². The predicted octanol–water partition coefficient (Wildman–Crippen LogP) is 4.48. The maximum absolute atomic E-state index is 5.55. The van der Waals surface area contributed by atoms with Crippen LogP contribution in [0.2, 0.25) is 0 Å². The second kappa shape index (κ2) is 12.7. The van der Waals surface area contributed by atoms with Gasteiger partial charge in [-0.2, -0.15) is 24.6 Å². The van der Waals surface area contributed by atoms with E-state index in [9.17, 15) is 0 Å². The van der Waals surface area contributed by atoms with Crippen LogP contribution < -0.4 is 4.74 Å². The Labute approximate surface area is 133 Å². The summed E-state index contributed by atoms with van der Waals surface area (Å²) in [5.74, 6) is 0.806. The van der Waals surface area contributed by atoms with Gasteiger partial charge in [0.15, 0.2) is 0 Å². The second-order valence-corrected chi connectivity index (χ2v) is 4.29. The average molecular weight is 312 g/mol. The number of rotatable bonds is 2. The monoisotopic (exact) mass is 310 g/mol. The number of benzene rings is 1. The minimum atomic E-state index is -0.127. The Morgan fingerprint density at radius 2 is 1.82 bits per heavy atom. The van der Waals surface area contributed by atoms with E-state index in [1.54, 1.807) is 0 Å². The van der Waals surface area contributed by atoms with Crippen molar-refractivity contribution in [1.29, 1.82) is 0 Å². The summed E-state index contributed by atoms with van der Waals surface area (Å²) >= 11 is 0. The van der Waals surface area contributed by atoms with Gasteiger partial charge in [0.25, 0.3) is 0 Å². The Kier molecular flexibility index (Phi) is 16.8. The normalized spacial score (nSPS) is 9.00. The molecule has 1 aromatic carbocycles. The fourth-order valence-corrected chi connectivity index (χ4v) is 0.770. The molecule has 1 nitrogen and oxygen atoms in total. The van der Waals surface area contributed by atoms with Crippen LogP contribution in [0.5, 0.6) is 5.75 Å². The molecule has 1 aromatic rings. The molecule has 0 amide bonds. The molecular weight excluding hydrogens is 288 g/mol. The number of para-hydroxylation sites is 1. The van der Waals surface area contributed by atoms with Crippen molar-refractivity contribution < 1.29 is 4.74 Å². The Balaban J connectivity index is -0.000000289. The van der Waals surface area contributed by atoms with Gasteiger partial charge in [-0.15, -0.1) is 29.1 Å². The molecule has 3 heteroatoms. The summed E-state index contributed by atoms with van der Waals surface area (Å²) in [6.45, 7) is 11.8. The number of ether oxygens (including phenoxy) is 1. The molecule has 0 fully saturated rings. The zero-order valence-electron chi connectivity index (χ0n) is 11.5. The molecule has 94 valence electrons. The molecule has 0 saturated carbocycles. The fraction of sp³-hybridized carbons (Fsp3) is 0.500. The van der Waals surface area contributed by atoms with E-state index in [4.69, 9.17) is 4.74 Å². The third-order valence-electron chi connectivity index (χ3n) is 1.45. The van der Waals surface area contributed by atoms with Crippen LogP contribution in [-0.4, -0.2) is 28.7 Å². The van der Waals surface area contributed by atoms with Crippen molar-refractivity contribution in [3.8, 4) is 5.75 Å². The topological polar surface area (TPSA) is 9.23 Å². The molecule has 0 radical (unpaired) electrons. The first-order chi connectivity index (χ1) is 6.99. The molecular formula is C14H23BrMgO. The quantitative estimate of drug-likeness (QED) is 0.578. The van der Waals surface area contributed by atoms with Crippen molar-refractivity contribution in [2.45, 2.75) is 46.1 Å². The van der Waals surface area contributed by atoms with Gasteiger partial charge < -0.3 is 11.7 Å². The molecule has 0 N–H and O–H groups in total. The molecule has 0 aromatic heterocycles. The van der Waals surface area contributed by atoms with E-state index in [0.717, 1.165) is 12.2 Å². The first-order valence-electron chi connectivity index (χ1n) is 5.44. The zero-order valence-corrected chi connectivity index (χ0v) is 14.6. The van der Waals surface area contributed by atoms with E-state index < -0.39 is 0 Å². The minimum Gasteiger partial charge on any atom is -0.514 e. The molecule has 0 aliphatic heterocycles. The van der Waals surface area contributed by atoms with Crippen LogP contribution in [0.15, 0.2) is 24.3 Å². The van der Waals surface area contributed by atoms with E-state index in [0.29, 0.717) is 0 Å². The van der Waals surface area contributed by atoms with Crippen molar-refractivity contribution in [3.05, 3.63) is 37.3 Å². The summed E-state index contributed by atoms with van der Waals surface area (Å²) in [6, 6.07) is 10.6. The summed E-state index contributed by atoms with van der Waals surface area (Å²) in [6.07, 6.45) is 2.28. The van der Waals surface area contributed by atoms with Gasteiger partial charge in [0, 0.05) is 5.75 Å². The van der Waals surface area contributed by atoms with Crippen molar-refractivity contribution in [3.63, 3.8) is 0 Å². The van der Waals surface area contributed by atoms with Crippen LogP contribution in [-0.2, 0) is 0 Å². The maximum atomic E-state index is 5.55. The van der Waals surface area contributed by atoms with Gasteiger partial charge in [-0.3, -0.25) is 0 Å². The van der Waals surface area contributed by atoms with Crippen LogP contribution in [0, 0.1) is 13.0 Å². The van der Waals surface area contributed by atoms with Gasteiger partial charge in [-0.1, -0.05) is 13.3 Å². The fourth-order valence-electron chi connectivity index (χ4n) is 0.770. The number of halogens is 1. The molecule has 1 rings (SSSR count). The van der Waals surface area contributed by atoms with Crippen molar-refractivity contribution in [1.82, 2.24) is 0 Å². The minimum absolute atomic E-state index is 0. The van der Waals surface area contributed by atoms with E-state index in [1.807, 2.05) is 45.0 Å². The summed E-state index contributed by atoms with van der Waals surface area (Å²) < 4.78 is 5.55. The Morgan fingerprint density at radius 3 is 2.12 bits per heavy atom. The number of hydrogen-bond donors (Lipinski definition) is 0. The smallest absolute Gasteiger partial charge is 0.514 e. The third kappa shape index (κ3) is 16.3. The van der Waals surface area contributed by atoms with Crippen LogP contribution in [0.4, 0.5) is 0 Å². The standard InChI is InChI=1S/C10H13O.C4H9.BrH.Mg/c1-10(2,3)11-9-7-5-4-6-8-9;1-3-4-2;;/h4-7H,1-3H3;1,3-4H2,2H3;1H;/q2*-1;;+2. The molecule has 0 spiro atoms. The molecule has 0 bridgehead atoms. The first kappa shape index (κ1) is 22.4. The SMILES string of the molecule is Br.CC(C)(C)Oc1[c-]cccc1.[CH2-]CCC.[Mg+2].